The summed E-state index contributed by atoms with van der Waals surface area (Å²) in [6.45, 7) is 3.77. The summed E-state index contributed by atoms with van der Waals surface area (Å²) in [7, 11) is 0. The first-order chi connectivity index (χ1) is 4.86. The summed E-state index contributed by atoms with van der Waals surface area (Å²) < 4.78 is 0. The number of rotatable bonds is 0. The minimum Gasteiger partial charge on any atom is -0.346 e. The van der Waals surface area contributed by atoms with Crippen LogP contribution in [0.2, 0.25) is 0 Å². The molecule has 0 unspecified atom stereocenters. The zero-order valence-electron chi connectivity index (χ0n) is 5.29. The average molecular weight is 150 g/mol. The van der Waals surface area contributed by atoms with Gasteiger partial charge in [0.1, 0.15) is 5.00 Å². The summed E-state index contributed by atoms with van der Waals surface area (Å²) in [5.74, 6) is 0. The lowest BCUT2D eigenvalue weighted by Gasteiger charge is -2.07. The number of thiazole rings is 1. The Bertz CT molecular complexity index is 298. The molecule has 2 nitrogen and oxygen atoms in total. The number of nitrogens with zero attached hydrogens (tertiary/aromatic N) is 1. The van der Waals surface area contributed by atoms with E-state index in [1.165, 1.54) is 0 Å². The second-order valence-electron chi connectivity index (χ2n) is 2.05. The van der Waals surface area contributed by atoms with Crippen LogP contribution < -0.4 is 5.32 Å². The minimum absolute atomic E-state index is 0.928. The van der Waals surface area contributed by atoms with E-state index in [0.717, 1.165) is 16.4 Å². The van der Waals surface area contributed by atoms with Crippen molar-refractivity contribution in [3.05, 3.63) is 29.6 Å². The zero-order chi connectivity index (χ0) is 6.97. The monoisotopic (exact) mass is 150 g/mol. The third-order valence-electron chi connectivity index (χ3n) is 1.31. The normalized spacial score (nSPS) is 14.6. The van der Waals surface area contributed by atoms with E-state index in [9.17, 15) is 0 Å². The van der Waals surface area contributed by atoms with Crippen molar-refractivity contribution >= 4 is 22.4 Å². The summed E-state index contributed by atoms with van der Waals surface area (Å²) in [5.41, 5.74) is 3.76. The second-order valence-corrected chi connectivity index (χ2v) is 2.91. The van der Waals surface area contributed by atoms with Crippen molar-refractivity contribution in [2.75, 3.05) is 5.32 Å². The highest BCUT2D eigenvalue weighted by Gasteiger charge is 2.06. The third kappa shape index (κ3) is 0.752. The number of allylic oxidation sites excluding steroid dienone is 1. The highest BCUT2D eigenvalue weighted by molar-refractivity contribution is 7.14. The van der Waals surface area contributed by atoms with Crippen LogP contribution in [0.3, 0.4) is 0 Å². The molecule has 0 spiro atoms. The van der Waals surface area contributed by atoms with E-state index in [2.05, 4.69) is 16.9 Å². The molecule has 10 heavy (non-hydrogen) atoms. The van der Waals surface area contributed by atoms with E-state index >= 15 is 0 Å². The summed E-state index contributed by atoms with van der Waals surface area (Å²) in [5, 5.41) is 4.20. The van der Waals surface area contributed by atoms with Gasteiger partial charge in [0.15, 0.2) is 0 Å². The molecule has 1 aromatic rings. The van der Waals surface area contributed by atoms with Crippen LogP contribution in [-0.4, -0.2) is 4.98 Å². The summed E-state index contributed by atoms with van der Waals surface area (Å²) >= 11 is 1.59. The van der Waals surface area contributed by atoms with Gasteiger partial charge in [-0.1, -0.05) is 6.58 Å². The molecule has 1 aromatic heterocycles. The Morgan fingerprint density at radius 1 is 1.50 bits per heavy atom. The first-order valence-electron chi connectivity index (χ1n) is 2.94. The first-order valence-corrected chi connectivity index (χ1v) is 3.82. The molecular weight excluding hydrogens is 144 g/mol. The summed E-state index contributed by atoms with van der Waals surface area (Å²) in [4.78, 5) is 4.12. The van der Waals surface area contributed by atoms with Crippen molar-refractivity contribution in [2.45, 2.75) is 0 Å². The molecule has 1 aliphatic heterocycles. The van der Waals surface area contributed by atoms with Gasteiger partial charge in [0, 0.05) is 5.70 Å². The molecule has 1 aliphatic rings. The Kier molecular flexibility index (Phi) is 1.11. The van der Waals surface area contributed by atoms with Gasteiger partial charge in [0.2, 0.25) is 0 Å². The van der Waals surface area contributed by atoms with Gasteiger partial charge in [-0.15, -0.1) is 11.3 Å². The Morgan fingerprint density at radius 3 is 3.30 bits per heavy atom. The van der Waals surface area contributed by atoms with Crippen LogP contribution in [0.25, 0.3) is 6.08 Å². The Morgan fingerprint density at radius 2 is 2.40 bits per heavy atom. The maximum atomic E-state index is 4.12. The summed E-state index contributed by atoms with van der Waals surface area (Å²) in [6, 6.07) is 0. The van der Waals surface area contributed by atoms with E-state index in [4.69, 9.17) is 0 Å². The average Bonchev–Trinajstić information content (AvgIpc) is 2.33. The van der Waals surface area contributed by atoms with Gasteiger partial charge in [0.05, 0.1) is 11.2 Å². The van der Waals surface area contributed by atoms with E-state index in [1.807, 2.05) is 17.7 Å². The van der Waals surface area contributed by atoms with Crippen molar-refractivity contribution in [3.8, 4) is 0 Å². The molecule has 1 N–H and O–H groups in total. The van der Waals surface area contributed by atoms with Crippen molar-refractivity contribution in [1.29, 1.82) is 0 Å². The number of aromatic nitrogens is 1. The molecule has 50 valence electrons. The van der Waals surface area contributed by atoms with Gasteiger partial charge in [-0.2, -0.15) is 0 Å². The quantitative estimate of drug-likeness (QED) is 0.612. The van der Waals surface area contributed by atoms with Gasteiger partial charge in [-0.3, -0.25) is 0 Å². The Labute approximate surface area is 62.9 Å². The van der Waals surface area contributed by atoms with E-state index in [0.29, 0.717) is 0 Å². The minimum atomic E-state index is 0.928. The molecular formula is C7H6N2S. The molecule has 0 radical (unpaired) electrons. The lowest BCUT2D eigenvalue weighted by atomic mass is 10.3. The van der Waals surface area contributed by atoms with Crippen molar-refractivity contribution < 1.29 is 0 Å². The Hall–Kier alpha value is -1.09. The lowest BCUT2D eigenvalue weighted by molar-refractivity contribution is 1.35. The molecule has 0 atom stereocenters. The molecule has 0 amide bonds. The number of anilines is 1. The van der Waals surface area contributed by atoms with Crippen LogP contribution in [0.4, 0.5) is 5.00 Å². The van der Waals surface area contributed by atoms with Gasteiger partial charge in [-0.25, -0.2) is 4.98 Å². The Balaban J connectivity index is 2.52. The predicted molar refractivity (Wildman–Crippen MR) is 43.9 cm³/mol. The maximum Gasteiger partial charge on any atom is 0.120 e. The molecule has 3 heteroatoms. The van der Waals surface area contributed by atoms with Crippen LogP contribution >= 0.6 is 11.3 Å². The fourth-order valence-corrected chi connectivity index (χ4v) is 1.54. The largest absolute Gasteiger partial charge is 0.346 e. The molecule has 0 fully saturated rings. The molecule has 2 heterocycles. The van der Waals surface area contributed by atoms with Crippen LogP contribution in [-0.2, 0) is 0 Å². The second kappa shape index (κ2) is 1.95. The molecule has 2 rings (SSSR count). The molecule has 0 bridgehead atoms. The molecule has 0 saturated heterocycles. The molecule has 0 aromatic carbocycles. The predicted octanol–water partition coefficient (Wildman–Crippen LogP) is 2.10. The number of hydrogen-bond donors (Lipinski definition) is 1. The van der Waals surface area contributed by atoms with E-state index in [-0.39, 0.29) is 0 Å². The maximum absolute atomic E-state index is 4.12. The first kappa shape index (κ1) is 5.68. The number of hydrogen-bond acceptors (Lipinski definition) is 3. The van der Waals surface area contributed by atoms with Gasteiger partial charge in [-0.05, 0) is 12.2 Å². The zero-order valence-corrected chi connectivity index (χ0v) is 6.11. The molecule has 0 aliphatic carbocycles. The smallest absolute Gasteiger partial charge is 0.120 e. The highest BCUT2D eigenvalue weighted by Crippen LogP contribution is 2.26. The summed E-state index contributed by atoms with van der Waals surface area (Å²) in [6.07, 6.45) is 3.88. The van der Waals surface area contributed by atoms with Crippen LogP contribution in [0.15, 0.2) is 23.9 Å². The van der Waals surface area contributed by atoms with E-state index in [1.54, 1.807) is 11.3 Å². The van der Waals surface area contributed by atoms with Crippen molar-refractivity contribution in [2.24, 2.45) is 0 Å². The van der Waals surface area contributed by atoms with Gasteiger partial charge in [0.25, 0.3) is 0 Å². The van der Waals surface area contributed by atoms with Crippen LogP contribution in [0.5, 0.6) is 0 Å². The van der Waals surface area contributed by atoms with Crippen molar-refractivity contribution in [3.63, 3.8) is 0 Å². The fourth-order valence-electron chi connectivity index (χ4n) is 0.834. The number of fused-ring (bicyclic) bond motifs is 1. The van der Waals surface area contributed by atoms with Crippen LogP contribution in [0, 0.1) is 0 Å². The fraction of sp³-hybridized carbons (Fsp3) is 0. The third-order valence-corrected chi connectivity index (χ3v) is 2.07. The standard InChI is InChI=1S/C7H6N2S/c1-5-2-3-6-7(9-5)10-4-8-6/h2-4,9H,1H2. The van der Waals surface area contributed by atoms with Gasteiger partial charge >= 0.3 is 0 Å². The highest BCUT2D eigenvalue weighted by atomic mass is 32.1. The lowest BCUT2D eigenvalue weighted by Crippen LogP contribution is -1.98. The van der Waals surface area contributed by atoms with E-state index < -0.39 is 0 Å². The molecule has 0 saturated carbocycles. The SMILES string of the molecule is C=C1C=Cc2ncsc2N1. The van der Waals surface area contributed by atoms with Crippen molar-refractivity contribution in [1.82, 2.24) is 4.98 Å². The van der Waals surface area contributed by atoms with Crippen LogP contribution in [0.1, 0.15) is 5.69 Å². The topological polar surface area (TPSA) is 24.9 Å². The number of nitrogens with one attached hydrogen (secondary N) is 1. The van der Waals surface area contributed by atoms with Gasteiger partial charge < -0.3 is 5.32 Å².